The van der Waals surface area contributed by atoms with Gasteiger partial charge in [-0.3, -0.25) is 19.8 Å². The monoisotopic (exact) mass is 868 g/mol. The molecule has 13 nitrogen and oxygen atoms in total. The van der Waals surface area contributed by atoms with Gasteiger partial charge in [-0.05, 0) is 106 Å². The Labute approximate surface area is 361 Å². The third-order valence-electron chi connectivity index (χ3n) is 14.4. The fourth-order valence-electron chi connectivity index (χ4n) is 11.4. The summed E-state index contributed by atoms with van der Waals surface area (Å²) in [5.74, 6) is -0.981. The Morgan fingerprint density at radius 2 is 1.77 bits per heavy atom. The summed E-state index contributed by atoms with van der Waals surface area (Å²) < 4.78 is 40.0. The minimum absolute atomic E-state index is 0.0253. The Morgan fingerprint density at radius 1 is 1.02 bits per heavy atom. The standard InChI is InChI=1S/C46H53ClN6O7S/c1-43(2)10-8-31(37(21-43)45-25-46(47,26-45)27-45)23-51-12-14-52(15-13-51)32-4-6-36(41(17-32)59-33-16-30-9-11-48-42(30)49-22-33)39(54)24-61(57,58)35-5-7-40(38(18-35)53(55)56)60-34-19-44(20-34)28-50(3)29-44/h4-7,9,11,16-18,22,34H,8,10,12-15,19-21,23-29H2,1-3H3,(H,48,49). The van der Waals surface area contributed by atoms with Crippen LogP contribution in [0, 0.1) is 26.4 Å². The number of hydrogen-bond acceptors (Lipinski definition) is 11. The van der Waals surface area contributed by atoms with Gasteiger partial charge in [-0.25, -0.2) is 13.4 Å². The predicted octanol–water partition coefficient (Wildman–Crippen LogP) is 8.18. The first-order chi connectivity index (χ1) is 29.0. The van der Waals surface area contributed by atoms with Crippen molar-refractivity contribution in [2.75, 3.05) is 63.5 Å². The van der Waals surface area contributed by atoms with Gasteiger partial charge >= 0.3 is 5.69 Å². The molecule has 4 aromatic rings. The van der Waals surface area contributed by atoms with E-state index in [2.05, 4.69) is 45.6 Å². The molecule has 2 aromatic carbocycles. The number of H-pyrrole nitrogens is 1. The number of allylic oxidation sites excluding steroid dienone is 1. The largest absolute Gasteiger partial charge is 0.483 e. The predicted molar refractivity (Wildman–Crippen MR) is 234 cm³/mol. The number of aromatic amines is 1. The highest BCUT2D eigenvalue weighted by Gasteiger charge is 2.69. The van der Waals surface area contributed by atoms with Gasteiger partial charge in [-0.1, -0.05) is 25.0 Å². The van der Waals surface area contributed by atoms with Crippen molar-refractivity contribution in [2.45, 2.75) is 81.1 Å². The van der Waals surface area contributed by atoms with Crippen LogP contribution >= 0.6 is 11.6 Å². The maximum Gasteiger partial charge on any atom is 0.312 e. The number of Topliss-reactive ketones (excluding diaryl/α,β-unsaturated/α-hetero) is 1. The number of nitrogens with one attached hydrogen (secondary N) is 1. The SMILES string of the molecule is CN1CC2(CC(Oc3ccc(S(=O)(=O)CC(=O)c4ccc(N5CCN(CC6=C(C78CC(Cl)(C7)C8)CC(C)(C)CC6)CC5)cc4Oc4cnc5[nH]ccc5c4)cc3[N+](=O)[O-])C2)C1. The molecule has 0 radical (unpaired) electrons. The number of carbonyl (C=O) groups excluding carboxylic acids is 1. The van der Waals surface area contributed by atoms with Crippen LogP contribution < -0.4 is 14.4 Å². The molecule has 4 heterocycles. The van der Waals surface area contributed by atoms with Crippen molar-refractivity contribution in [3.63, 3.8) is 0 Å². The van der Waals surface area contributed by atoms with E-state index < -0.39 is 32.0 Å². The summed E-state index contributed by atoms with van der Waals surface area (Å²) in [5, 5.41) is 13.0. The molecule has 61 heavy (non-hydrogen) atoms. The Bertz CT molecular complexity index is 2560. The summed E-state index contributed by atoms with van der Waals surface area (Å²) in [6.07, 6.45) is 11.6. The summed E-state index contributed by atoms with van der Waals surface area (Å²) in [6, 6.07) is 12.5. The molecule has 6 fully saturated rings. The molecular formula is C46H53ClN6O7S. The fourth-order valence-corrected chi connectivity index (χ4v) is 13.4. The number of ether oxygens (including phenoxy) is 2. The van der Waals surface area contributed by atoms with Gasteiger partial charge in [0.2, 0.25) is 0 Å². The summed E-state index contributed by atoms with van der Waals surface area (Å²) in [5.41, 5.74) is 5.35. The first-order valence-corrected chi connectivity index (χ1v) is 23.5. The van der Waals surface area contributed by atoms with E-state index in [4.69, 9.17) is 21.1 Å². The number of alkyl halides is 1. The first-order valence-electron chi connectivity index (χ1n) is 21.5. The van der Waals surface area contributed by atoms with Gasteiger partial charge in [-0.2, -0.15) is 0 Å². The highest BCUT2D eigenvalue weighted by atomic mass is 35.5. The van der Waals surface area contributed by atoms with Gasteiger partial charge in [0, 0.05) is 85.5 Å². The number of pyridine rings is 1. The van der Waals surface area contributed by atoms with Crippen molar-refractivity contribution in [2.24, 2.45) is 16.2 Å². The molecule has 15 heteroatoms. The number of benzene rings is 2. The van der Waals surface area contributed by atoms with Gasteiger partial charge < -0.3 is 24.3 Å². The normalized spacial score (nSPS) is 26.0. The third kappa shape index (κ3) is 7.61. The van der Waals surface area contributed by atoms with Crippen LogP contribution in [0.3, 0.4) is 0 Å². The summed E-state index contributed by atoms with van der Waals surface area (Å²) >= 11 is 6.75. The molecule has 4 saturated carbocycles. The molecule has 2 aromatic heterocycles. The molecule has 2 saturated heterocycles. The Hall–Kier alpha value is -4.50. The van der Waals surface area contributed by atoms with Gasteiger partial charge in [0.25, 0.3) is 0 Å². The smallest absolute Gasteiger partial charge is 0.312 e. The number of ketones is 1. The van der Waals surface area contributed by atoms with Gasteiger partial charge in [0.15, 0.2) is 21.4 Å². The quantitative estimate of drug-likeness (QED) is 0.0456. The number of anilines is 1. The Morgan fingerprint density at radius 3 is 2.48 bits per heavy atom. The van der Waals surface area contributed by atoms with E-state index in [0.29, 0.717) is 22.2 Å². The van der Waals surface area contributed by atoms with Crippen LogP contribution in [0.15, 0.2) is 77.0 Å². The second-order valence-corrected chi connectivity index (χ2v) is 22.7. The molecule has 0 unspecified atom stereocenters. The third-order valence-corrected chi connectivity index (χ3v) is 16.5. The molecule has 2 aliphatic heterocycles. The maximum absolute atomic E-state index is 14.0. The first kappa shape index (κ1) is 40.6. The maximum atomic E-state index is 14.0. The number of aromatic nitrogens is 2. The lowest BCUT2D eigenvalue weighted by atomic mass is 9.39. The van der Waals surface area contributed by atoms with E-state index in [1.54, 1.807) is 41.7 Å². The highest BCUT2D eigenvalue weighted by molar-refractivity contribution is 7.92. The van der Waals surface area contributed by atoms with Crippen LogP contribution in [0.2, 0.25) is 0 Å². The second-order valence-electron chi connectivity index (χ2n) is 19.9. The van der Waals surface area contributed by atoms with Crippen LogP contribution in [0.25, 0.3) is 11.0 Å². The molecule has 7 aliphatic rings. The van der Waals surface area contributed by atoms with Crippen LogP contribution in [-0.4, -0.2) is 108 Å². The second kappa shape index (κ2) is 14.5. The molecule has 0 atom stereocenters. The average molecular weight is 869 g/mol. The van der Waals surface area contributed by atoms with E-state index in [0.717, 1.165) is 108 Å². The Balaban J connectivity index is 0.857. The van der Waals surface area contributed by atoms with Crippen LogP contribution in [0.1, 0.15) is 75.6 Å². The number of nitro groups is 1. The number of halogens is 1. The van der Waals surface area contributed by atoms with Crippen molar-refractivity contribution in [3.8, 4) is 17.2 Å². The van der Waals surface area contributed by atoms with E-state index in [1.807, 2.05) is 12.1 Å². The van der Waals surface area contributed by atoms with Gasteiger partial charge in [0.05, 0.1) is 21.6 Å². The molecular weight excluding hydrogens is 816 g/mol. The number of sulfone groups is 1. The number of piperazine rings is 1. The number of hydrogen-bond donors (Lipinski definition) is 1. The summed E-state index contributed by atoms with van der Waals surface area (Å²) in [4.78, 5) is 39.8. The molecule has 11 rings (SSSR count). The summed E-state index contributed by atoms with van der Waals surface area (Å²) in [6.45, 7) is 11.0. The fraction of sp³-hybridized carbons (Fsp3) is 0.522. The lowest BCUT2D eigenvalue weighted by Crippen LogP contribution is -2.65. The van der Waals surface area contributed by atoms with Crippen molar-refractivity contribution in [1.29, 1.82) is 0 Å². The molecule has 322 valence electrons. The summed E-state index contributed by atoms with van der Waals surface area (Å²) in [7, 11) is -2.26. The number of carbonyl (C=O) groups is 1. The Kier molecular flexibility index (Phi) is 9.67. The average Bonchev–Trinajstić information content (AvgIpc) is 3.64. The zero-order valence-electron chi connectivity index (χ0n) is 35.0. The number of fused-ring (bicyclic) bond motifs is 1. The van der Waals surface area contributed by atoms with Crippen LogP contribution in [0.4, 0.5) is 11.4 Å². The topological polar surface area (TPSA) is 151 Å². The number of nitro benzene ring substituents is 1. The molecule has 2 bridgehead atoms. The molecule has 1 N–H and O–H groups in total. The molecule has 1 spiro atoms. The van der Waals surface area contributed by atoms with E-state index in [1.165, 1.54) is 18.6 Å². The van der Waals surface area contributed by atoms with E-state index in [-0.39, 0.29) is 38.4 Å². The molecule has 5 aliphatic carbocycles. The van der Waals surface area contributed by atoms with Crippen molar-refractivity contribution >= 4 is 49.6 Å². The van der Waals surface area contributed by atoms with Gasteiger partial charge in [0.1, 0.15) is 29.0 Å². The number of nitrogens with zero attached hydrogens (tertiary/aromatic N) is 5. The van der Waals surface area contributed by atoms with Crippen molar-refractivity contribution < 1.29 is 27.6 Å². The van der Waals surface area contributed by atoms with Crippen LogP contribution in [-0.2, 0) is 9.84 Å². The lowest BCUT2D eigenvalue weighted by molar-refractivity contribution is -0.386. The van der Waals surface area contributed by atoms with Crippen molar-refractivity contribution in [1.82, 2.24) is 19.8 Å². The lowest BCUT2D eigenvalue weighted by Gasteiger charge is -2.70. The van der Waals surface area contributed by atoms with E-state index >= 15 is 0 Å². The minimum atomic E-state index is -4.31. The number of likely N-dealkylation sites (tertiary alicyclic amines) is 1. The van der Waals surface area contributed by atoms with E-state index in [9.17, 15) is 23.3 Å². The highest BCUT2D eigenvalue weighted by Crippen LogP contribution is 2.75. The van der Waals surface area contributed by atoms with Crippen molar-refractivity contribution in [3.05, 3.63) is 87.7 Å². The van der Waals surface area contributed by atoms with Crippen LogP contribution in [0.5, 0.6) is 17.2 Å². The van der Waals surface area contributed by atoms with Gasteiger partial charge in [-0.15, -0.1) is 11.6 Å². The zero-order chi connectivity index (χ0) is 42.5. The number of rotatable bonds is 13. The zero-order valence-corrected chi connectivity index (χ0v) is 36.6. The minimum Gasteiger partial charge on any atom is -0.483 e. The molecule has 0 amide bonds.